The summed E-state index contributed by atoms with van der Waals surface area (Å²) in [5.74, 6) is 3.07. The molecule has 2 aromatic heterocycles. The van der Waals surface area contributed by atoms with Gasteiger partial charge in [-0.1, -0.05) is 59.6 Å². The number of likely N-dealkylation sites (tertiary alicyclic amines) is 1. The molecule has 14 nitrogen and oxygen atoms in total. The Labute approximate surface area is 481 Å². The van der Waals surface area contributed by atoms with Crippen molar-refractivity contribution in [1.82, 2.24) is 30.1 Å². The number of pyridine rings is 1. The molecule has 2 bridgehead atoms. The summed E-state index contributed by atoms with van der Waals surface area (Å²) in [5.41, 5.74) is 6.32. The number of anilines is 2. The number of aromatic nitrogens is 3. The van der Waals surface area contributed by atoms with Gasteiger partial charge in [0.1, 0.15) is 42.5 Å². The highest BCUT2D eigenvalue weighted by Gasteiger charge is 2.46. The van der Waals surface area contributed by atoms with Gasteiger partial charge < -0.3 is 33.8 Å². The van der Waals surface area contributed by atoms with Crippen LogP contribution in [0, 0.1) is 58.0 Å². The van der Waals surface area contributed by atoms with Gasteiger partial charge in [-0.3, -0.25) is 24.7 Å². The number of piperidine rings is 3. The second-order valence-corrected chi connectivity index (χ2v) is 31.0. The number of imide groups is 1. The van der Waals surface area contributed by atoms with Gasteiger partial charge in [0, 0.05) is 93.7 Å². The van der Waals surface area contributed by atoms with Crippen LogP contribution >= 0.6 is 0 Å². The fraction of sp³-hybridized carbons (Fsp3) is 0.562. The molecule has 11 rings (SSSR count). The molecule has 436 valence electrons. The largest absolute Gasteiger partial charge is 0.468 e. The molecule has 3 atom stereocenters. The average Bonchev–Trinajstić information content (AvgIpc) is 3.14. The summed E-state index contributed by atoms with van der Waals surface area (Å²) < 4.78 is 67.9. The lowest BCUT2D eigenvalue weighted by atomic mass is 9.91. The van der Waals surface area contributed by atoms with E-state index in [1.165, 1.54) is 25.7 Å². The summed E-state index contributed by atoms with van der Waals surface area (Å²) in [4.78, 5) is 61.2. The summed E-state index contributed by atoms with van der Waals surface area (Å²) in [5, 5.41) is 3.95. The maximum absolute atomic E-state index is 18.0. The number of fused-ring (bicyclic) bond motifs is 4. The minimum absolute atomic E-state index is 0.00568. The summed E-state index contributed by atoms with van der Waals surface area (Å²) in [6, 6.07) is 11.8. The SMILES string of the molecule is COCOc1cc(-c2ncc3c(N4CC5CCC(C5)C4)nc(OCC4(CN5CCC(C(=O)N6CCN(c7ccc(CC8CCC(=O)NC8=O)cc7F)CC6)CC5)CC4)nc3c2F)c2c(C#C[Si](C(C)C)(C(C)C)C(C)C)c(F)ccc2c1. The number of hydrogen-bond acceptors (Lipinski definition) is 12. The zero-order valence-electron chi connectivity index (χ0n) is 48.7. The first kappa shape index (κ1) is 57.5. The number of halogens is 3. The van der Waals surface area contributed by atoms with Gasteiger partial charge in [0.2, 0.25) is 17.7 Å². The molecule has 3 amide bonds. The molecule has 2 saturated carbocycles. The minimum atomic E-state index is -2.32. The Bertz CT molecular complexity index is 3280. The third-order valence-electron chi connectivity index (χ3n) is 19.2. The number of hydrogen-bond donors (Lipinski definition) is 1. The normalized spacial score (nSPS) is 21.4. The number of nitrogens with zero attached hydrogens (tertiary/aromatic N) is 7. The number of carbonyl (C=O) groups is 3. The molecule has 0 spiro atoms. The predicted octanol–water partition coefficient (Wildman–Crippen LogP) is 10.9. The van der Waals surface area contributed by atoms with Gasteiger partial charge in [0.25, 0.3) is 0 Å². The molecule has 3 aromatic carbocycles. The van der Waals surface area contributed by atoms with E-state index in [0.717, 1.165) is 71.2 Å². The number of piperazine rings is 1. The van der Waals surface area contributed by atoms with Gasteiger partial charge in [0.05, 0.1) is 23.2 Å². The third kappa shape index (κ3) is 11.7. The van der Waals surface area contributed by atoms with Gasteiger partial charge >= 0.3 is 6.01 Å². The van der Waals surface area contributed by atoms with Crippen LogP contribution in [0.15, 0.2) is 48.7 Å². The van der Waals surface area contributed by atoms with Crippen LogP contribution in [0.1, 0.15) is 110 Å². The Balaban J connectivity index is 0.797. The number of carbonyl (C=O) groups excluding carboxylic acids is 3. The number of methoxy groups -OCH3 is 1. The molecular formula is C64H79F3N8O6Si. The maximum atomic E-state index is 18.0. The van der Waals surface area contributed by atoms with Crippen molar-refractivity contribution in [2.24, 2.45) is 29.1 Å². The topological polar surface area (TPSA) is 143 Å². The van der Waals surface area contributed by atoms with Gasteiger partial charge in [-0.05, 0) is 141 Å². The van der Waals surface area contributed by atoms with Gasteiger partial charge in [-0.15, -0.1) is 5.54 Å². The van der Waals surface area contributed by atoms with Crippen LogP contribution in [0.4, 0.5) is 24.7 Å². The van der Waals surface area contributed by atoms with Gasteiger partial charge in [-0.2, -0.15) is 9.97 Å². The van der Waals surface area contributed by atoms with Gasteiger partial charge in [0.15, 0.2) is 12.6 Å². The van der Waals surface area contributed by atoms with Crippen molar-refractivity contribution >= 4 is 59.0 Å². The lowest BCUT2D eigenvalue weighted by Gasteiger charge is -2.40. The lowest BCUT2D eigenvalue weighted by Crippen LogP contribution is -2.52. The molecule has 6 heterocycles. The second kappa shape index (κ2) is 23.8. The molecule has 1 N–H and O–H groups in total. The minimum Gasteiger partial charge on any atom is -0.468 e. The highest BCUT2D eigenvalue weighted by atomic mass is 28.3. The number of benzene rings is 3. The van der Waals surface area contributed by atoms with E-state index in [-0.39, 0.29) is 70.4 Å². The summed E-state index contributed by atoms with van der Waals surface area (Å²) in [7, 11) is -0.790. The smallest absolute Gasteiger partial charge is 0.319 e. The molecule has 6 fully saturated rings. The molecule has 82 heavy (non-hydrogen) atoms. The molecule has 2 aliphatic carbocycles. The third-order valence-corrected chi connectivity index (χ3v) is 25.5. The standard InChI is InChI=1S/C64H79F3N8O6Si/c1-39(2)82(40(3)4,41(5)6)27-18-49-52(65)13-11-46-31-48(81-38-79-7)32-50(56(46)49)58-57(67)59-51(33-68-58)60(75-34-43-8-9-44(28-43)35-75)71-63(70-59)80-37-64(19-20-64)36-72-21-16-45(17-22-72)62(78)74-25-23-73(24-26-74)54-14-10-42(30-53(54)66)29-47-12-15-55(76)69-61(47)77/h10-11,13-14,30-33,39-41,43-45,47H,8-9,12,15-17,19-26,28-29,34-38H2,1-7H3,(H,69,76,77). The van der Waals surface area contributed by atoms with Crippen LogP contribution in [0.25, 0.3) is 32.9 Å². The molecule has 3 unspecified atom stereocenters. The van der Waals surface area contributed by atoms with Crippen LogP contribution in [0.3, 0.4) is 0 Å². The van der Waals surface area contributed by atoms with Crippen LogP contribution in [-0.4, -0.2) is 130 Å². The van der Waals surface area contributed by atoms with Crippen molar-refractivity contribution < 1.29 is 41.8 Å². The summed E-state index contributed by atoms with van der Waals surface area (Å²) in [6.07, 6.45) is 9.67. The van der Waals surface area contributed by atoms with E-state index in [4.69, 9.17) is 29.2 Å². The van der Waals surface area contributed by atoms with E-state index in [1.54, 1.807) is 30.5 Å². The van der Waals surface area contributed by atoms with E-state index in [2.05, 4.69) is 68.1 Å². The monoisotopic (exact) mass is 1140 g/mol. The molecule has 5 aromatic rings. The lowest BCUT2D eigenvalue weighted by molar-refractivity contribution is -0.138. The first-order valence-electron chi connectivity index (χ1n) is 30.0. The van der Waals surface area contributed by atoms with Crippen molar-refractivity contribution in [2.75, 3.05) is 89.2 Å². The van der Waals surface area contributed by atoms with E-state index in [0.29, 0.717) is 125 Å². The zero-order valence-corrected chi connectivity index (χ0v) is 49.7. The molecule has 6 aliphatic rings. The van der Waals surface area contributed by atoms with Gasteiger partial charge in [-0.25, -0.2) is 13.2 Å². The van der Waals surface area contributed by atoms with Crippen molar-refractivity contribution in [3.8, 4) is 34.5 Å². The summed E-state index contributed by atoms with van der Waals surface area (Å²) in [6.45, 7) is 19.7. The fourth-order valence-electron chi connectivity index (χ4n) is 14.6. The average molecular weight is 1140 g/mol. The van der Waals surface area contributed by atoms with Crippen LogP contribution in [0.2, 0.25) is 16.6 Å². The van der Waals surface area contributed by atoms with Crippen LogP contribution < -0.4 is 24.6 Å². The number of nitrogens with one attached hydrogen (secondary N) is 1. The van der Waals surface area contributed by atoms with Crippen LogP contribution in [0.5, 0.6) is 11.8 Å². The van der Waals surface area contributed by atoms with Crippen molar-refractivity contribution in [2.45, 2.75) is 122 Å². The Kier molecular flexibility index (Phi) is 16.7. The zero-order chi connectivity index (χ0) is 57.6. The molecule has 0 radical (unpaired) electrons. The van der Waals surface area contributed by atoms with Crippen molar-refractivity contribution in [1.29, 1.82) is 0 Å². The Morgan fingerprint density at radius 1 is 0.829 bits per heavy atom. The van der Waals surface area contributed by atoms with E-state index in [9.17, 15) is 14.4 Å². The quantitative estimate of drug-likeness (QED) is 0.0410. The predicted molar refractivity (Wildman–Crippen MR) is 315 cm³/mol. The number of rotatable bonds is 17. The van der Waals surface area contributed by atoms with E-state index in [1.807, 2.05) is 15.9 Å². The second-order valence-electron chi connectivity index (χ2n) is 25.4. The Morgan fingerprint density at radius 2 is 1.55 bits per heavy atom. The first-order valence-corrected chi connectivity index (χ1v) is 32.2. The number of amides is 3. The molecule has 4 saturated heterocycles. The molecule has 4 aliphatic heterocycles. The highest BCUT2D eigenvalue weighted by molar-refractivity contribution is 6.90. The molecule has 18 heteroatoms. The number of ether oxygens (including phenoxy) is 3. The Hall–Kier alpha value is -6.29. The van der Waals surface area contributed by atoms with Crippen LogP contribution in [-0.2, 0) is 25.5 Å². The van der Waals surface area contributed by atoms with E-state index >= 15 is 13.2 Å². The van der Waals surface area contributed by atoms with E-state index < -0.39 is 19.7 Å². The highest BCUT2D eigenvalue weighted by Crippen LogP contribution is 2.48. The summed E-state index contributed by atoms with van der Waals surface area (Å²) >= 11 is 0. The fourth-order valence-corrected chi connectivity index (χ4v) is 19.8. The first-order chi connectivity index (χ1) is 39.4. The Morgan fingerprint density at radius 3 is 2.21 bits per heavy atom. The molecular weight excluding hydrogens is 1060 g/mol. The maximum Gasteiger partial charge on any atom is 0.319 e. The van der Waals surface area contributed by atoms with Crippen molar-refractivity contribution in [3.05, 3.63) is 77.2 Å². The van der Waals surface area contributed by atoms with Crippen molar-refractivity contribution in [3.63, 3.8) is 0 Å².